The first kappa shape index (κ1) is 18.8. The lowest BCUT2D eigenvalue weighted by molar-refractivity contribution is -0.150. The molecule has 0 atom stereocenters. The Labute approximate surface area is 171 Å². The maximum atomic E-state index is 13.3. The van der Waals surface area contributed by atoms with Crippen molar-refractivity contribution < 1.29 is 14.4 Å². The van der Waals surface area contributed by atoms with Crippen LogP contribution in [0, 0.1) is 17.8 Å². The second kappa shape index (κ2) is 6.94. The van der Waals surface area contributed by atoms with Crippen LogP contribution in [0.1, 0.15) is 51.0 Å². The highest BCUT2D eigenvalue weighted by atomic mass is 16.2. The standard InChI is InChI=1S/C23H29N3O3/c1-2-24(14-16-6-4-3-5-7-16)15-25-20(27)21(28)26(22(25)29)23-11-17-8-18(12-23)10-19(9-17)13-23/h3-7,17-19H,2,8-15H2,1H3. The largest absolute Gasteiger partial charge is 0.335 e. The number of carbonyl (C=O) groups is 3. The molecule has 0 radical (unpaired) electrons. The summed E-state index contributed by atoms with van der Waals surface area (Å²) in [4.78, 5) is 43.7. The summed E-state index contributed by atoms with van der Waals surface area (Å²) in [7, 11) is 0. The molecule has 6 nitrogen and oxygen atoms in total. The van der Waals surface area contributed by atoms with E-state index in [1.165, 1.54) is 29.1 Å². The number of urea groups is 1. The summed E-state index contributed by atoms with van der Waals surface area (Å²) in [6.45, 7) is 3.50. The Morgan fingerprint density at radius 3 is 2.07 bits per heavy atom. The van der Waals surface area contributed by atoms with E-state index < -0.39 is 23.4 Å². The van der Waals surface area contributed by atoms with Gasteiger partial charge in [-0.15, -0.1) is 0 Å². The number of hydrogen-bond acceptors (Lipinski definition) is 4. The van der Waals surface area contributed by atoms with Gasteiger partial charge in [-0.05, 0) is 68.4 Å². The number of hydrogen-bond donors (Lipinski definition) is 0. The molecule has 29 heavy (non-hydrogen) atoms. The average molecular weight is 396 g/mol. The van der Waals surface area contributed by atoms with Crippen molar-refractivity contribution >= 4 is 17.8 Å². The third-order valence-corrected chi connectivity index (χ3v) is 7.57. The molecule has 4 amide bonds. The summed E-state index contributed by atoms with van der Waals surface area (Å²) in [5, 5.41) is 0. The molecule has 4 aliphatic carbocycles. The number of nitrogens with zero attached hydrogens (tertiary/aromatic N) is 3. The van der Waals surface area contributed by atoms with Gasteiger partial charge in [-0.25, -0.2) is 14.6 Å². The van der Waals surface area contributed by atoms with Crippen LogP contribution in [0.2, 0.25) is 0 Å². The third-order valence-electron chi connectivity index (χ3n) is 7.57. The van der Waals surface area contributed by atoms with Gasteiger partial charge in [0.15, 0.2) is 0 Å². The lowest BCUT2D eigenvalue weighted by Gasteiger charge is -2.58. The van der Waals surface area contributed by atoms with Gasteiger partial charge in [-0.1, -0.05) is 37.3 Å². The fraction of sp³-hybridized carbons (Fsp3) is 0.609. The second-order valence-corrected chi connectivity index (χ2v) is 9.57. The molecule has 0 spiro atoms. The zero-order chi connectivity index (χ0) is 20.2. The molecule has 1 aromatic carbocycles. The molecule has 4 saturated carbocycles. The van der Waals surface area contributed by atoms with Gasteiger partial charge in [0.25, 0.3) is 0 Å². The van der Waals surface area contributed by atoms with E-state index in [9.17, 15) is 14.4 Å². The van der Waals surface area contributed by atoms with Crippen LogP contribution in [0.3, 0.4) is 0 Å². The van der Waals surface area contributed by atoms with Crippen molar-refractivity contribution in [1.82, 2.24) is 14.7 Å². The molecule has 1 aromatic rings. The lowest BCUT2D eigenvalue weighted by Crippen LogP contribution is -2.62. The first-order chi connectivity index (χ1) is 14.0. The molecule has 4 bridgehead atoms. The zero-order valence-corrected chi connectivity index (χ0v) is 17.0. The second-order valence-electron chi connectivity index (χ2n) is 9.57. The Hall–Kier alpha value is -2.21. The van der Waals surface area contributed by atoms with Crippen LogP contribution in [0.5, 0.6) is 0 Å². The first-order valence-corrected chi connectivity index (χ1v) is 11.0. The van der Waals surface area contributed by atoms with Gasteiger partial charge in [-0.3, -0.25) is 14.5 Å². The normalized spacial score (nSPS) is 33.4. The molecular weight excluding hydrogens is 366 g/mol. The van der Waals surface area contributed by atoms with Crippen molar-refractivity contribution in [1.29, 1.82) is 0 Å². The van der Waals surface area contributed by atoms with Gasteiger partial charge in [0, 0.05) is 6.54 Å². The Morgan fingerprint density at radius 1 is 0.931 bits per heavy atom. The van der Waals surface area contributed by atoms with Crippen molar-refractivity contribution in [2.24, 2.45) is 17.8 Å². The van der Waals surface area contributed by atoms with Crippen LogP contribution in [0.15, 0.2) is 30.3 Å². The summed E-state index contributed by atoms with van der Waals surface area (Å²) in [5.41, 5.74) is 0.710. The third kappa shape index (κ3) is 3.08. The van der Waals surface area contributed by atoms with E-state index in [2.05, 4.69) is 0 Å². The molecule has 0 aromatic heterocycles. The molecule has 154 valence electrons. The van der Waals surface area contributed by atoms with Gasteiger partial charge < -0.3 is 0 Å². The van der Waals surface area contributed by atoms with E-state index in [0.29, 0.717) is 30.8 Å². The van der Waals surface area contributed by atoms with E-state index in [0.717, 1.165) is 24.8 Å². The molecule has 0 unspecified atom stereocenters. The zero-order valence-electron chi connectivity index (χ0n) is 17.0. The Balaban J connectivity index is 1.35. The van der Waals surface area contributed by atoms with Crippen molar-refractivity contribution in [3.63, 3.8) is 0 Å². The topological polar surface area (TPSA) is 60.9 Å². The predicted molar refractivity (Wildman–Crippen MR) is 107 cm³/mol. The van der Waals surface area contributed by atoms with Crippen molar-refractivity contribution in [2.75, 3.05) is 13.2 Å². The smallest absolute Gasteiger partial charge is 0.281 e. The maximum Gasteiger partial charge on any atom is 0.335 e. The monoisotopic (exact) mass is 395 g/mol. The molecule has 6 heteroatoms. The average Bonchev–Trinajstić information content (AvgIpc) is 2.90. The summed E-state index contributed by atoms with van der Waals surface area (Å²) in [6.07, 6.45) is 6.35. The van der Waals surface area contributed by atoms with Crippen LogP contribution in [-0.2, 0) is 16.1 Å². The van der Waals surface area contributed by atoms with Crippen LogP contribution in [0.4, 0.5) is 4.79 Å². The van der Waals surface area contributed by atoms with E-state index in [4.69, 9.17) is 0 Å². The highest BCUT2D eigenvalue weighted by Gasteiger charge is 2.61. The molecule has 1 heterocycles. The van der Waals surface area contributed by atoms with Crippen molar-refractivity contribution in [3.05, 3.63) is 35.9 Å². The Bertz CT molecular complexity index is 802. The minimum atomic E-state index is -0.655. The van der Waals surface area contributed by atoms with Crippen LogP contribution in [-0.4, -0.2) is 51.3 Å². The summed E-state index contributed by atoms with van der Waals surface area (Å²) in [5.74, 6) is 0.564. The van der Waals surface area contributed by atoms with Gasteiger partial charge >= 0.3 is 17.8 Å². The molecule has 1 saturated heterocycles. The van der Waals surface area contributed by atoms with Crippen LogP contribution < -0.4 is 0 Å². The van der Waals surface area contributed by atoms with Crippen molar-refractivity contribution in [2.45, 2.75) is 57.5 Å². The van der Waals surface area contributed by atoms with Gasteiger partial charge in [0.2, 0.25) is 0 Å². The van der Waals surface area contributed by atoms with Gasteiger partial charge in [0.05, 0.1) is 12.2 Å². The maximum absolute atomic E-state index is 13.3. The van der Waals surface area contributed by atoms with Crippen LogP contribution in [0.25, 0.3) is 0 Å². The van der Waals surface area contributed by atoms with Gasteiger partial charge in [-0.2, -0.15) is 0 Å². The molecule has 0 N–H and O–H groups in total. The fourth-order valence-corrected chi connectivity index (χ4v) is 6.69. The molecule has 5 aliphatic rings. The molecule has 1 aliphatic heterocycles. The van der Waals surface area contributed by atoms with E-state index >= 15 is 0 Å². The number of imide groups is 2. The SMILES string of the molecule is CCN(Cc1ccccc1)CN1C(=O)C(=O)N(C23CC4CC(CC(C4)C2)C3)C1=O. The number of carbonyl (C=O) groups excluding carboxylic acids is 3. The Kier molecular flexibility index (Phi) is 4.50. The molecular formula is C23H29N3O3. The highest BCUT2D eigenvalue weighted by Crippen LogP contribution is 2.58. The van der Waals surface area contributed by atoms with E-state index in [-0.39, 0.29) is 6.67 Å². The summed E-state index contributed by atoms with van der Waals surface area (Å²) < 4.78 is 0. The first-order valence-electron chi connectivity index (χ1n) is 11.0. The molecule has 6 rings (SSSR count). The number of amides is 4. The molecule has 5 fully saturated rings. The van der Waals surface area contributed by atoms with E-state index in [1.807, 2.05) is 42.2 Å². The highest BCUT2D eigenvalue weighted by molar-refractivity contribution is 6.44. The number of rotatable bonds is 6. The minimum absolute atomic E-state index is 0.164. The quantitative estimate of drug-likeness (QED) is 0.548. The van der Waals surface area contributed by atoms with Crippen molar-refractivity contribution in [3.8, 4) is 0 Å². The summed E-state index contributed by atoms with van der Waals surface area (Å²) >= 11 is 0. The Morgan fingerprint density at radius 2 is 1.52 bits per heavy atom. The minimum Gasteiger partial charge on any atom is -0.281 e. The summed E-state index contributed by atoms with van der Waals surface area (Å²) in [6, 6.07) is 9.59. The van der Waals surface area contributed by atoms with Crippen LogP contribution >= 0.6 is 0 Å². The predicted octanol–water partition coefficient (Wildman–Crippen LogP) is 3.23. The number of benzene rings is 1. The lowest BCUT2D eigenvalue weighted by atomic mass is 9.52. The fourth-order valence-electron chi connectivity index (χ4n) is 6.69. The van der Waals surface area contributed by atoms with E-state index in [1.54, 1.807) is 0 Å². The van der Waals surface area contributed by atoms with Gasteiger partial charge in [0.1, 0.15) is 0 Å².